The monoisotopic (exact) mass is 212 g/mol. The fourth-order valence-corrected chi connectivity index (χ4v) is 2.38. The summed E-state index contributed by atoms with van der Waals surface area (Å²) < 4.78 is 6.71. The molecule has 3 unspecified atom stereocenters. The number of epoxide rings is 1. The first-order valence-electron chi connectivity index (χ1n) is 6.07. The van der Waals surface area contributed by atoms with E-state index in [2.05, 4.69) is 0 Å². The Bertz CT molecular complexity index is 257. The highest BCUT2D eigenvalue weighted by Crippen LogP contribution is 2.40. The molecule has 3 nitrogen and oxygen atoms in total. The van der Waals surface area contributed by atoms with E-state index in [-0.39, 0.29) is 5.54 Å². The lowest BCUT2D eigenvalue weighted by molar-refractivity contribution is -0.617. The molecule has 0 bridgehead atoms. The van der Waals surface area contributed by atoms with Crippen LogP contribution in [0.1, 0.15) is 46.5 Å². The van der Waals surface area contributed by atoms with E-state index in [0.29, 0.717) is 24.7 Å². The summed E-state index contributed by atoms with van der Waals surface area (Å²) in [4.78, 5) is 11.7. The van der Waals surface area contributed by atoms with Gasteiger partial charge < -0.3 is 4.74 Å². The van der Waals surface area contributed by atoms with E-state index in [0.717, 1.165) is 6.42 Å². The van der Waals surface area contributed by atoms with Crippen LogP contribution in [0.3, 0.4) is 0 Å². The molecule has 2 aliphatic rings. The Hall–Kier alpha value is -0.440. The molecule has 0 N–H and O–H groups in total. The van der Waals surface area contributed by atoms with Crippen molar-refractivity contribution in [3.8, 4) is 0 Å². The Balaban J connectivity index is 1.71. The number of nitrogens with zero attached hydrogens (tertiary/aromatic N) is 1. The van der Waals surface area contributed by atoms with Gasteiger partial charge >= 0.3 is 0 Å². The minimum atomic E-state index is -0.243. The zero-order valence-electron chi connectivity index (χ0n) is 10.0. The van der Waals surface area contributed by atoms with Crippen molar-refractivity contribution in [3.63, 3.8) is 0 Å². The van der Waals surface area contributed by atoms with Crippen molar-refractivity contribution < 1.29 is 9.50 Å². The molecular weight excluding hydrogens is 190 g/mol. The molecule has 0 aromatic rings. The summed E-state index contributed by atoms with van der Waals surface area (Å²) in [5, 5.41) is 0. The standard InChI is InChI=1S/C12H22NO2/c1-12(2,3)13(14)7-6-9-4-5-10-11(8-9)15-10/h9-11H,4-8H2,1-3H3/q+1. The van der Waals surface area contributed by atoms with Crippen molar-refractivity contribution in [1.29, 1.82) is 0 Å². The van der Waals surface area contributed by atoms with Crippen LogP contribution in [-0.2, 0) is 4.74 Å². The first-order chi connectivity index (χ1) is 6.97. The molecule has 3 atom stereocenters. The molecular formula is C12H22NO2+. The Kier molecular flexibility index (Phi) is 2.84. The molecule has 0 radical (unpaired) electrons. The van der Waals surface area contributed by atoms with Gasteiger partial charge in [0.25, 0.3) is 0 Å². The van der Waals surface area contributed by atoms with E-state index in [1.807, 2.05) is 20.8 Å². The average molecular weight is 212 g/mol. The van der Waals surface area contributed by atoms with E-state index in [1.54, 1.807) is 0 Å². The lowest BCUT2D eigenvalue weighted by Crippen LogP contribution is -2.32. The van der Waals surface area contributed by atoms with Gasteiger partial charge in [0.15, 0.2) is 6.54 Å². The number of hydrogen-bond acceptors (Lipinski definition) is 2. The van der Waals surface area contributed by atoms with E-state index < -0.39 is 0 Å². The maximum absolute atomic E-state index is 11.7. The van der Waals surface area contributed by atoms with Crippen LogP contribution in [0.5, 0.6) is 0 Å². The van der Waals surface area contributed by atoms with Crippen LogP contribution in [0.4, 0.5) is 0 Å². The first kappa shape index (κ1) is 11.1. The third kappa shape index (κ3) is 2.77. The molecule has 2 rings (SSSR count). The Morgan fingerprint density at radius 1 is 1.27 bits per heavy atom. The molecule has 1 heterocycles. The second-order valence-electron chi connectivity index (χ2n) is 5.95. The van der Waals surface area contributed by atoms with Gasteiger partial charge in [0.05, 0.1) is 12.2 Å². The Morgan fingerprint density at radius 3 is 2.60 bits per heavy atom. The Morgan fingerprint density at radius 2 is 2.00 bits per heavy atom. The number of hydrogen-bond donors (Lipinski definition) is 0. The molecule has 1 saturated heterocycles. The summed E-state index contributed by atoms with van der Waals surface area (Å²) in [7, 11) is 0. The normalized spacial score (nSPS) is 34.7. The average Bonchev–Trinajstić information content (AvgIpc) is 2.90. The van der Waals surface area contributed by atoms with Gasteiger partial charge in [-0.15, -0.1) is 0 Å². The van der Waals surface area contributed by atoms with Crippen LogP contribution < -0.4 is 0 Å². The molecule has 15 heavy (non-hydrogen) atoms. The SMILES string of the molecule is CC(C)(C)[N+](=O)CCC1CCC2OC2C1. The third-order valence-corrected chi connectivity index (χ3v) is 3.60. The fraction of sp³-hybridized carbons (Fsp3) is 1.00. The number of ether oxygens (including phenoxy) is 1. The van der Waals surface area contributed by atoms with Crippen LogP contribution in [0.15, 0.2) is 0 Å². The minimum absolute atomic E-state index is 0.243. The molecule has 86 valence electrons. The molecule has 1 aliphatic heterocycles. The molecule has 0 amide bonds. The van der Waals surface area contributed by atoms with Crippen LogP contribution in [-0.4, -0.2) is 29.1 Å². The number of nitroso groups, excluding NO2 is 1. The van der Waals surface area contributed by atoms with Crippen LogP contribution in [0.25, 0.3) is 0 Å². The maximum Gasteiger partial charge on any atom is 0.202 e. The van der Waals surface area contributed by atoms with E-state index in [9.17, 15) is 4.91 Å². The first-order valence-corrected chi connectivity index (χ1v) is 6.07. The summed E-state index contributed by atoms with van der Waals surface area (Å²) in [6.45, 7) is 6.59. The third-order valence-electron chi connectivity index (χ3n) is 3.60. The number of fused-ring (bicyclic) bond motifs is 1. The summed E-state index contributed by atoms with van der Waals surface area (Å²) in [5.41, 5.74) is -0.243. The summed E-state index contributed by atoms with van der Waals surface area (Å²) in [5.74, 6) is 0.715. The Labute approximate surface area is 91.8 Å². The van der Waals surface area contributed by atoms with Crippen LogP contribution >= 0.6 is 0 Å². The summed E-state index contributed by atoms with van der Waals surface area (Å²) in [6, 6.07) is 0. The maximum atomic E-state index is 11.7. The van der Waals surface area contributed by atoms with Crippen molar-refractivity contribution in [3.05, 3.63) is 4.91 Å². The van der Waals surface area contributed by atoms with Gasteiger partial charge in [-0.25, -0.2) is 0 Å². The van der Waals surface area contributed by atoms with Crippen molar-refractivity contribution in [1.82, 2.24) is 0 Å². The highest BCUT2D eigenvalue weighted by molar-refractivity contribution is 4.91. The van der Waals surface area contributed by atoms with E-state index in [4.69, 9.17) is 4.74 Å². The highest BCUT2D eigenvalue weighted by atomic mass is 16.6. The molecule has 0 spiro atoms. The van der Waals surface area contributed by atoms with Crippen molar-refractivity contribution in [2.24, 2.45) is 5.92 Å². The zero-order chi connectivity index (χ0) is 11.1. The molecule has 2 fully saturated rings. The second kappa shape index (κ2) is 3.85. The molecule has 1 aliphatic carbocycles. The summed E-state index contributed by atoms with van der Waals surface area (Å²) in [6.07, 6.45) is 5.80. The second-order valence-corrected chi connectivity index (χ2v) is 5.95. The highest BCUT2D eigenvalue weighted by Gasteiger charge is 2.44. The van der Waals surface area contributed by atoms with Crippen molar-refractivity contribution >= 4 is 0 Å². The van der Waals surface area contributed by atoms with E-state index in [1.165, 1.54) is 24.0 Å². The number of rotatable bonds is 3. The molecule has 1 saturated carbocycles. The topological polar surface area (TPSA) is 32.6 Å². The fourth-order valence-electron chi connectivity index (χ4n) is 2.38. The minimum Gasteiger partial charge on any atom is -0.370 e. The predicted octanol–water partition coefficient (Wildman–Crippen LogP) is 2.52. The van der Waals surface area contributed by atoms with Gasteiger partial charge in [-0.2, -0.15) is 0 Å². The van der Waals surface area contributed by atoms with Gasteiger partial charge in [-0.3, -0.25) is 0 Å². The summed E-state index contributed by atoms with van der Waals surface area (Å²) >= 11 is 0. The smallest absolute Gasteiger partial charge is 0.202 e. The van der Waals surface area contributed by atoms with Gasteiger partial charge in [0.1, 0.15) is 0 Å². The van der Waals surface area contributed by atoms with Gasteiger partial charge in [0.2, 0.25) is 5.54 Å². The largest absolute Gasteiger partial charge is 0.370 e. The zero-order valence-corrected chi connectivity index (χ0v) is 10.0. The molecule has 0 aromatic carbocycles. The predicted molar refractivity (Wildman–Crippen MR) is 58.9 cm³/mol. The lowest BCUT2D eigenvalue weighted by Gasteiger charge is -2.18. The van der Waals surface area contributed by atoms with Gasteiger partial charge in [-0.05, 0) is 25.2 Å². The quantitative estimate of drug-likeness (QED) is 0.532. The van der Waals surface area contributed by atoms with E-state index >= 15 is 0 Å². The van der Waals surface area contributed by atoms with Gasteiger partial charge in [0, 0.05) is 36.9 Å². The van der Waals surface area contributed by atoms with Crippen molar-refractivity contribution in [2.45, 2.75) is 64.2 Å². The lowest BCUT2D eigenvalue weighted by atomic mass is 9.87. The van der Waals surface area contributed by atoms with Crippen LogP contribution in [0, 0.1) is 10.8 Å². The van der Waals surface area contributed by atoms with Gasteiger partial charge in [-0.1, -0.05) is 0 Å². The molecule has 0 aromatic heterocycles. The van der Waals surface area contributed by atoms with Crippen LogP contribution in [0.2, 0.25) is 0 Å². The molecule has 3 heteroatoms. The van der Waals surface area contributed by atoms with Crippen molar-refractivity contribution in [2.75, 3.05) is 6.54 Å².